The second-order valence-corrected chi connectivity index (χ2v) is 6.50. The average Bonchev–Trinajstić information content (AvgIpc) is 2.01. The zero-order valence-electron chi connectivity index (χ0n) is 9.47. The molecule has 1 aromatic carbocycles. The van der Waals surface area contributed by atoms with Gasteiger partial charge in [-0.3, -0.25) is 0 Å². The van der Waals surface area contributed by atoms with Crippen molar-refractivity contribution in [1.29, 1.82) is 0 Å². The molecule has 1 atom stereocenters. The van der Waals surface area contributed by atoms with Gasteiger partial charge >= 0.3 is 0 Å². The van der Waals surface area contributed by atoms with Gasteiger partial charge in [0.05, 0.1) is 0 Å². The van der Waals surface area contributed by atoms with E-state index < -0.39 is 0 Å². The molecule has 1 heteroatoms. The molecule has 1 unspecified atom stereocenters. The summed E-state index contributed by atoms with van der Waals surface area (Å²) >= 11 is 3.59. The first-order valence-corrected chi connectivity index (χ1v) is 6.04. The van der Waals surface area contributed by atoms with Crippen molar-refractivity contribution in [2.45, 2.75) is 44.4 Å². The number of halogens is 1. The van der Waals surface area contributed by atoms with Crippen LogP contribution in [0.2, 0.25) is 0 Å². The zero-order chi connectivity index (χ0) is 10.8. The van der Waals surface area contributed by atoms with Crippen molar-refractivity contribution in [3.8, 4) is 0 Å². The van der Waals surface area contributed by atoms with Gasteiger partial charge in [0.15, 0.2) is 0 Å². The maximum atomic E-state index is 3.59. The van der Waals surface area contributed by atoms with Gasteiger partial charge in [0, 0.05) is 4.83 Å². The largest absolute Gasteiger partial charge is 0.0890 e. The van der Waals surface area contributed by atoms with Gasteiger partial charge in [-0.1, -0.05) is 67.9 Å². The van der Waals surface area contributed by atoms with Gasteiger partial charge in [0.1, 0.15) is 0 Å². The Labute approximate surface area is 95.9 Å². The van der Waals surface area contributed by atoms with Crippen LogP contribution < -0.4 is 0 Å². The molecular weight excluding hydrogens is 236 g/mol. The van der Waals surface area contributed by atoms with Gasteiger partial charge in [-0.15, -0.1) is 0 Å². The fourth-order valence-corrected chi connectivity index (χ4v) is 1.86. The third kappa shape index (κ3) is 3.45. The summed E-state index contributed by atoms with van der Waals surface area (Å²) in [5.41, 5.74) is 3.09. The summed E-state index contributed by atoms with van der Waals surface area (Å²) in [6.07, 6.45) is 1.10. The lowest BCUT2D eigenvalue weighted by atomic mass is 9.86. The summed E-state index contributed by atoms with van der Waals surface area (Å²) in [7, 11) is 0. The molecule has 0 aliphatic heterocycles. The van der Waals surface area contributed by atoms with Crippen LogP contribution in [0.5, 0.6) is 0 Å². The van der Waals surface area contributed by atoms with E-state index in [-0.39, 0.29) is 5.41 Å². The van der Waals surface area contributed by atoms with Crippen molar-refractivity contribution in [1.82, 2.24) is 0 Å². The predicted octanol–water partition coefficient (Wildman–Crippen LogP) is 4.31. The van der Waals surface area contributed by atoms with Crippen LogP contribution in [0.3, 0.4) is 0 Å². The minimum atomic E-state index is 0.256. The summed E-state index contributed by atoms with van der Waals surface area (Å²) in [5.74, 6) is 0. The molecule has 0 aliphatic rings. The topological polar surface area (TPSA) is 0 Å². The van der Waals surface area contributed by atoms with E-state index in [0.717, 1.165) is 6.42 Å². The molecule has 0 spiro atoms. The highest BCUT2D eigenvalue weighted by atomic mass is 79.9. The average molecular weight is 255 g/mol. The Morgan fingerprint density at radius 2 is 1.93 bits per heavy atom. The second-order valence-electron chi connectivity index (χ2n) is 4.94. The minimum absolute atomic E-state index is 0.256. The quantitative estimate of drug-likeness (QED) is 0.691. The van der Waals surface area contributed by atoms with Crippen molar-refractivity contribution in [2.75, 3.05) is 0 Å². The zero-order valence-corrected chi connectivity index (χ0v) is 11.1. The van der Waals surface area contributed by atoms with Crippen molar-refractivity contribution in [2.24, 2.45) is 0 Å². The van der Waals surface area contributed by atoms with Crippen LogP contribution in [0, 0.1) is 0 Å². The van der Waals surface area contributed by atoms with E-state index in [0.29, 0.717) is 4.83 Å². The first-order chi connectivity index (χ1) is 6.39. The first-order valence-electron chi connectivity index (χ1n) is 5.13. The van der Waals surface area contributed by atoms with Gasteiger partial charge in [0.25, 0.3) is 0 Å². The Balaban J connectivity index is 2.90. The van der Waals surface area contributed by atoms with E-state index in [4.69, 9.17) is 0 Å². The van der Waals surface area contributed by atoms with Crippen molar-refractivity contribution < 1.29 is 0 Å². The van der Waals surface area contributed by atoms with Crippen molar-refractivity contribution in [3.63, 3.8) is 0 Å². The lowest BCUT2D eigenvalue weighted by molar-refractivity contribution is 0.589. The maximum Gasteiger partial charge on any atom is 0.0157 e. The third-order valence-corrected chi connectivity index (χ3v) is 2.63. The monoisotopic (exact) mass is 254 g/mol. The van der Waals surface area contributed by atoms with Gasteiger partial charge in [0.2, 0.25) is 0 Å². The van der Waals surface area contributed by atoms with E-state index >= 15 is 0 Å². The summed E-state index contributed by atoms with van der Waals surface area (Å²) in [6.45, 7) is 8.95. The van der Waals surface area contributed by atoms with Crippen LogP contribution >= 0.6 is 15.9 Å². The van der Waals surface area contributed by atoms with Gasteiger partial charge in [-0.2, -0.15) is 0 Å². The Morgan fingerprint density at radius 3 is 2.43 bits per heavy atom. The summed E-state index contributed by atoms with van der Waals surface area (Å²) in [4.78, 5) is 0.553. The maximum absolute atomic E-state index is 3.59. The van der Waals surface area contributed by atoms with Crippen LogP contribution in [0.1, 0.15) is 38.8 Å². The van der Waals surface area contributed by atoms with Crippen molar-refractivity contribution in [3.05, 3.63) is 35.4 Å². The molecule has 0 fully saturated rings. The first kappa shape index (κ1) is 11.8. The van der Waals surface area contributed by atoms with E-state index in [1.54, 1.807) is 0 Å². The highest BCUT2D eigenvalue weighted by molar-refractivity contribution is 9.09. The molecule has 0 saturated heterocycles. The summed E-state index contributed by atoms with van der Waals surface area (Å²) in [5, 5.41) is 0. The van der Waals surface area contributed by atoms with E-state index in [1.807, 2.05) is 0 Å². The summed E-state index contributed by atoms with van der Waals surface area (Å²) < 4.78 is 0. The van der Waals surface area contributed by atoms with Crippen LogP contribution in [-0.2, 0) is 11.8 Å². The Hall–Kier alpha value is -0.300. The standard InChI is InChI=1S/C13H19Br/c1-10(14)8-11-6-5-7-12(9-11)13(2,3)4/h5-7,9-10H,8H2,1-4H3. The number of benzene rings is 1. The SMILES string of the molecule is CC(Br)Cc1cccc(C(C)(C)C)c1. The molecule has 0 heterocycles. The molecule has 0 nitrogen and oxygen atoms in total. The van der Waals surface area contributed by atoms with E-state index in [9.17, 15) is 0 Å². The van der Waals surface area contributed by atoms with Gasteiger partial charge < -0.3 is 0 Å². The van der Waals surface area contributed by atoms with E-state index in [2.05, 4.69) is 67.9 Å². The fourth-order valence-electron chi connectivity index (χ4n) is 1.49. The fraction of sp³-hybridized carbons (Fsp3) is 0.538. The molecule has 0 N–H and O–H groups in total. The Kier molecular flexibility index (Phi) is 3.77. The minimum Gasteiger partial charge on any atom is -0.0890 e. The summed E-state index contributed by atoms with van der Waals surface area (Å²) in [6, 6.07) is 8.89. The Bertz CT molecular complexity index is 294. The number of hydrogen-bond donors (Lipinski definition) is 0. The molecule has 0 bridgehead atoms. The molecule has 1 aromatic rings. The molecular formula is C13H19Br. The Morgan fingerprint density at radius 1 is 1.29 bits per heavy atom. The normalized spacial score (nSPS) is 14.1. The number of hydrogen-bond acceptors (Lipinski definition) is 0. The smallest absolute Gasteiger partial charge is 0.0157 e. The highest BCUT2D eigenvalue weighted by Gasteiger charge is 2.13. The van der Waals surface area contributed by atoms with Crippen LogP contribution in [0.15, 0.2) is 24.3 Å². The molecule has 78 valence electrons. The van der Waals surface area contributed by atoms with Crippen LogP contribution in [0.4, 0.5) is 0 Å². The molecule has 0 saturated carbocycles. The van der Waals surface area contributed by atoms with Crippen molar-refractivity contribution >= 4 is 15.9 Å². The van der Waals surface area contributed by atoms with Gasteiger partial charge in [-0.25, -0.2) is 0 Å². The molecule has 0 aromatic heterocycles. The predicted molar refractivity (Wildman–Crippen MR) is 67.2 cm³/mol. The molecule has 1 rings (SSSR count). The van der Waals surface area contributed by atoms with Crippen LogP contribution in [0.25, 0.3) is 0 Å². The van der Waals surface area contributed by atoms with Gasteiger partial charge in [-0.05, 0) is 23.0 Å². The highest BCUT2D eigenvalue weighted by Crippen LogP contribution is 2.23. The lowest BCUT2D eigenvalue weighted by Gasteiger charge is -2.20. The molecule has 0 amide bonds. The second kappa shape index (κ2) is 4.48. The lowest BCUT2D eigenvalue weighted by Crippen LogP contribution is -2.11. The van der Waals surface area contributed by atoms with Crippen LogP contribution in [-0.4, -0.2) is 4.83 Å². The number of rotatable bonds is 2. The molecule has 0 radical (unpaired) electrons. The molecule has 14 heavy (non-hydrogen) atoms. The molecule has 0 aliphatic carbocycles. The third-order valence-electron chi connectivity index (χ3n) is 2.31. The number of alkyl halides is 1. The van der Waals surface area contributed by atoms with E-state index in [1.165, 1.54) is 11.1 Å².